The fourth-order valence-electron chi connectivity index (χ4n) is 4.67. The summed E-state index contributed by atoms with van der Waals surface area (Å²) in [5, 5.41) is 18.1. The van der Waals surface area contributed by atoms with Crippen LogP contribution in [0, 0.1) is 0 Å². The molecular weight excluding hydrogens is 504 g/mol. The highest BCUT2D eigenvalue weighted by atomic mass is 16.2. The Morgan fingerprint density at radius 1 is 0.575 bits per heavy atom. The van der Waals surface area contributed by atoms with Gasteiger partial charge in [0.05, 0.1) is 13.1 Å². The van der Waals surface area contributed by atoms with Crippen molar-refractivity contribution in [2.75, 3.05) is 49.9 Å². The molecule has 0 bridgehead atoms. The van der Waals surface area contributed by atoms with Gasteiger partial charge < -0.3 is 31.9 Å². The Labute approximate surface area is 236 Å². The standard InChI is InChI=1S/C30H42N8O2/c39-29(37-25-13-9-23(10-14-25)27-31-19-20-32-27)35-17-7-5-3-1-2-4-6-8-18-36-30(40)38-26-15-11-24(12-16-26)28-33-21-22-34-28/h9-16H,1-8,17-22H2,(H,31,32)(H,33,34)(H2,35,37,39)(H2,36,38,40). The van der Waals surface area contributed by atoms with E-state index in [1.165, 1.54) is 25.7 Å². The lowest BCUT2D eigenvalue weighted by molar-refractivity contribution is 0.251. The van der Waals surface area contributed by atoms with Crippen molar-refractivity contribution >= 4 is 35.1 Å². The number of hydrogen-bond acceptors (Lipinski definition) is 6. The maximum absolute atomic E-state index is 12.1. The number of aliphatic imine (C=N–C) groups is 2. The van der Waals surface area contributed by atoms with Crippen molar-refractivity contribution in [1.82, 2.24) is 21.3 Å². The molecule has 40 heavy (non-hydrogen) atoms. The summed E-state index contributed by atoms with van der Waals surface area (Å²) in [4.78, 5) is 33.0. The minimum Gasteiger partial charge on any atom is -0.368 e. The summed E-state index contributed by atoms with van der Waals surface area (Å²) in [7, 11) is 0. The predicted octanol–water partition coefficient (Wildman–Crippen LogP) is 4.45. The third-order valence-electron chi connectivity index (χ3n) is 6.86. The fourth-order valence-corrected chi connectivity index (χ4v) is 4.67. The molecule has 10 heteroatoms. The molecule has 2 aromatic carbocycles. The molecule has 0 aromatic heterocycles. The van der Waals surface area contributed by atoms with Crippen LogP contribution in [0.1, 0.15) is 62.5 Å². The number of benzene rings is 2. The number of amidine groups is 2. The van der Waals surface area contributed by atoms with Gasteiger partial charge in [-0.15, -0.1) is 0 Å². The van der Waals surface area contributed by atoms with Crippen molar-refractivity contribution in [3.8, 4) is 0 Å². The van der Waals surface area contributed by atoms with E-state index in [-0.39, 0.29) is 12.1 Å². The Morgan fingerprint density at radius 2 is 0.950 bits per heavy atom. The van der Waals surface area contributed by atoms with Crippen LogP contribution in [-0.4, -0.2) is 63.0 Å². The third kappa shape index (κ3) is 9.91. The Kier molecular flexibility index (Phi) is 11.7. The number of hydrogen-bond donors (Lipinski definition) is 6. The van der Waals surface area contributed by atoms with Crippen molar-refractivity contribution in [2.45, 2.75) is 51.4 Å². The largest absolute Gasteiger partial charge is 0.368 e. The van der Waals surface area contributed by atoms with Gasteiger partial charge in [0.2, 0.25) is 0 Å². The topological polar surface area (TPSA) is 131 Å². The zero-order valence-electron chi connectivity index (χ0n) is 23.2. The van der Waals surface area contributed by atoms with Gasteiger partial charge in [-0.2, -0.15) is 0 Å². The molecule has 0 saturated heterocycles. The maximum Gasteiger partial charge on any atom is 0.319 e. The number of urea groups is 2. The highest BCUT2D eigenvalue weighted by molar-refractivity contribution is 6.01. The smallest absolute Gasteiger partial charge is 0.319 e. The average molecular weight is 547 g/mol. The molecule has 0 atom stereocenters. The fraction of sp³-hybridized carbons (Fsp3) is 0.467. The van der Waals surface area contributed by atoms with E-state index in [1.807, 2.05) is 48.5 Å². The van der Waals surface area contributed by atoms with Gasteiger partial charge in [-0.25, -0.2) is 9.59 Å². The van der Waals surface area contributed by atoms with Crippen molar-refractivity contribution < 1.29 is 9.59 Å². The summed E-state index contributed by atoms with van der Waals surface area (Å²) in [5.41, 5.74) is 3.62. The van der Waals surface area contributed by atoms with E-state index in [0.29, 0.717) is 13.1 Å². The molecule has 4 rings (SSSR count). The summed E-state index contributed by atoms with van der Waals surface area (Å²) in [6.07, 6.45) is 8.91. The quantitative estimate of drug-likeness (QED) is 0.184. The van der Waals surface area contributed by atoms with E-state index in [2.05, 4.69) is 41.9 Å². The first kappa shape index (κ1) is 28.9. The number of rotatable bonds is 15. The molecule has 0 radical (unpaired) electrons. The summed E-state index contributed by atoms with van der Waals surface area (Å²) in [6.45, 7) is 4.73. The van der Waals surface area contributed by atoms with Crippen LogP contribution in [0.5, 0.6) is 0 Å². The molecule has 2 heterocycles. The number of amides is 4. The van der Waals surface area contributed by atoms with Gasteiger partial charge >= 0.3 is 12.1 Å². The van der Waals surface area contributed by atoms with Crippen LogP contribution in [0.25, 0.3) is 0 Å². The molecule has 0 fully saturated rings. The third-order valence-corrected chi connectivity index (χ3v) is 6.86. The zero-order chi connectivity index (χ0) is 27.8. The van der Waals surface area contributed by atoms with Crippen molar-refractivity contribution in [2.24, 2.45) is 9.98 Å². The van der Waals surface area contributed by atoms with Gasteiger partial charge in [-0.05, 0) is 61.4 Å². The highest BCUT2D eigenvalue weighted by Crippen LogP contribution is 2.13. The molecule has 2 aliphatic heterocycles. The average Bonchev–Trinajstić information content (AvgIpc) is 3.70. The van der Waals surface area contributed by atoms with Gasteiger partial charge in [-0.1, -0.05) is 38.5 Å². The first-order valence-electron chi connectivity index (χ1n) is 14.5. The molecule has 0 aliphatic carbocycles. The number of nitrogens with one attached hydrogen (secondary N) is 6. The Morgan fingerprint density at radius 3 is 1.30 bits per heavy atom. The van der Waals surface area contributed by atoms with Gasteiger partial charge in [0, 0.05) is 48.7 Å². The van der Waals surface area contributed by atoms with Crippen LogP contribution in [0.15, 0.2) is 58.5 Å². The molecule has 0 spiro atoms. The lowest BCUT2D eigenvalue weighted by Gasteiger charge is -2.09. The van der Waals surface area contributed by atoms with Gasteiger partial charge in [-0.3, -0.25) is 9.98 Å². The zero-order valence-corrected chi connectivity index (χ0v) is 23.2. The van der Waals surface area contributed by atoms with E-state index in [4.69, 9.17) is 0 Å². The monoisotopic (exact) mass is 546 g/mol. The summed E-state index contributed by atoms with van der Waals surface area (Å²) < 4.78 is 0. The lowest BCUT2D eigenvalue weighted by atomic mass is 10.1. The normalized spacial score (nSPS) is 14.0. The first-order valence-corrected chi connectivity index (χ1v) is 14.5. The van der Waals surface area contributed by atoms with E-state index in [0.717, 1.165) is 86.0 Å². The second kappa shape index (κ2) is 16.1. The molecule has 0 saturated carbocycles. The summed E-state index contributed by atoms with van der Waals surface area (Å²) in [5.74, 6) is 1.83. The van der Waals surface area contributed by atoms with Crippen LogP contribution in [0.4, 0.5) is 21.0 Å². The number of nitrogens with zero attached hydrogens (tertiary/aromatic N) is 2. The minimum absolute atomic E-state index is 0.170. The second-order valence-electron chi connectivity index (χ2n) is 10.1. The second-order valence-corrected chi connectivity index (χ2v) is 10.1. The first-order chi connectivity index (χ1) is 19.7. The molecule has 6 N–H and O–H groups in total. The molecule has 0 unspecified atom stereocenters. The molecule has 10 nitrogen and oxygen atoms in total. The van der Waals surface area contributed by atoms with Crippen molar-refractivity contribution in [3.63, 3.8) is 0 Å². The van der Waals surface area contributed by atoms with Crippen LogP contribution in [-0.2, 0) is 0 Å². The molecule has 4 amide bonds. The van der Waals surface area contributed by atoms with Crippen molar-refractivity contribution in [1.29, 1.82) is 0 Å². The van der Waals surface area contributed by atoms with Gasteiger partial charge in [0.1, 0.15) is 11.7 Å². The highest BCUT2D eigenvalue weighted by Gasteiger charge is 2.09. The van der Waals surface area contributed by atoms with E-state index in [1.54, 1.807) is 0 Å². The van der Waals surface area contributed by atoms with Crippen LogP contribution >= 0.6 is 0 Å². The van der Waals surface area contributed by atoms with E-state index in [9.17, 15) is 9.59 Å². The Balaban J connectivity index is 0.932. The summed E-state index contributed by atoms with van der Waals surface area (Å²) in [6, 6.07) is 15.1. The Bertz CT molecular complexity index is 1050. The van der Waals surface area contributed by atoms with Crippen LogP contribution < -0.4 is 31.9 Å². The summed E-state index contributed by atoms with van der Waals surface area (Å²) >= 11 is 0. The predicted molar refractivity (Wildman–Crippen MR) is 163 cm³/mol. The molecule has 2 aliphatic rings. The van der Waals surface area contributed by atoms with Gasteiger partial charge in [0.25, 0.3) is 0 Å². The van der Waals surface area contributed by atoms with E-state index < -0.39 is 0 Å². The molecular formula is C30H42N8O2. The molecule has 2 aromatic rings. The Hall–Kier alpha value is -4.08. The van der Waals surface area contributed by atoms with Crippen molar-refractivity contribution in [3.05, 3.63) is 59.7 Å². The number of unbranched alkanes of at least 4 members (excludes halogenated alkanes) is 7. The number of anilines is 2. The SMILES string of the molecule is O=C(NCCCCCCCCCCNC(=O)Nc1ccc(C2=NCCN2)cc1)Nc1ccc(C2=NCCN2)cc1. The van der Waals surface area contributed by atoms with Gasteiger partial charge in [0.15, 0.2) is 0 Å². The lowest BCUT2D eigenvalue weighted by Crippen LogP contribution is -2.29. The molecule has 214 valence electrons. The van der Waals surface area contributed by atoms with Crippen LogP contribution in [0.2, 0.25) is 0 Å². The number of carbonyl (C=O) groups excluding carboxylic acids is 2. The maximum atomic E-state index is 12.1. The number of carbonyl (C=O) groups is 2. The van der Waals surface area contributed by atoms with E-state index >= 15 is 0 Å². The minimum atomic E-state index is -0.170. The van der Waals surface area contributed by atoms with Crippen LogP contribution in [0.3, 0.4) is 0 Å².